The minimum absolute atomic E-state index is 0.0322. The van der Waals surface area contributed by atoms with Crippen LogP contribution in [0.1, 0.15) is 22.3 Å². The number of nitrogens with one attached hydrogen (secondary N) is 1. The molecule has 7 nitrogen and oxygen atoms in total. The van der Waals surface area contributed by atoms with Gasteiger partial charge in [-0.15, -0.1) is 5.10 Å². The molecule has 0 saturated carbocycles. The Bertz CT molecular complexity index is 848. The number of hydrazone groups is 1. The maximum atomic E-state index is 8.71. The van der Waals surface area contributed by atoms with Crippen molar-refractivity contribution in [1.82, 2.24) is 5.43 Å². The highest BCUT2D eigenvalue weighted by atomic mass is 15.4. The Balaban J connectivity index is 1.88. The van der Waals surface area contributed by atoms with E-state index in [9.17, 15) is 0 Å². The van der Waals surface area contributed by atoms with Crippen molar-refractivity contribution in [3.63, 3.8) is 0 Å². The van der Waals surface area contributed by atoms with Crippen LogP contribution in [0.15, 0.2) is 63.8 Å². The molecule has 2 rings (SSSR count). The van der Waals surface area contributed by atoms with Crippen LogP contribution in [0.3, 0.4) is 0 Å². The zero-order valence-electron chi connectivity index (χ0n) is 12.6. The van der Waals surface area contributed by atoms with Crippen molar-refractivity contribution in [3.8, 4) is 12.1 Å². The largest absolute Gasteiger partial charge is 0.367 e. The molecule has 0 aliphatic rings. The van der Waals surface area contributed by atoms with Gasteiger partial charge >= 0.3 is 0 Å². The van der Waals surface area contributed by atoms with E-state index < -0.39 is 0 Å². The lowest BCUT2D eigenvalue weighted by Gasteiger charge is -1.96. The fourth-order valence-electron chi connectivity index (χ4n) is 1.64. The number of benzene rings is 2. The summed E-state index contributed by atoms with van der Waals surface area (Å²) in [4.78, 5) is 0. The normalized spacial score (nSPS) is 11.3. The third kappa shape index (κ3) is 5.10. The fourth-order valence-corrected chi connectivity index (χ4v) is 1.64. The highest BCUT2D eigenvalue weighted by molar-refractivity contribution is 5.84. The second-order valence-corrected chi connectivity index (χ2v) is 4.57. The number of rotatable bonds is 4. The molecule has 0 unspecified atom stereocenters. The fraction of sp³-hybridized carbons (Fsp3) is 0. The summed E-state index contributed by atoms with van der Waals surface area (Å²) in [6.45, 7) is 0. The Labute approximate surface area is 139 Å². The zero-order valence-corrected chi connectivity index (χ0v) is 12.6. The van der Waals surface area contributed by atoms with E-state index in [4.69, 9.17) is 16.3 Å². The van der Waals surface area contributed by atoms with Crippen LogP contribution in [0, 0.1) is 22.7 Å². The Kier molecular flexibility index (Phi) is 5.79. The van der Waals surface area contributed by atoms with Crippen molar-refractivity contribution < 1.29 is 0 Å². The smallest absolute Gasteiger partial charge is 0.234 e. The summed E-state index contributed by atoms with van der Waals surface area (Å²) in [5.74, 6) is 0.0322. The van der Waals surface area contributed by atoms with Crippen LogP contribution in [0.2, 0.25) is 0 Å². The molecule has 0 spiro atoms. The van der Waals surface area contributed by atoms with Gasteiger partial charge in [0.1, 0.15) is 0 Å². The van der Waals surface area contributed by atoms with E-state index in [0.29, 0.717) is 11.1 Å². The monoisotopic (exact) mass is 315 g/mol. The average Bonchev–Trinajstić information content (AvgIpc) is 2.63. The maximum Gasteiger partial charge on any atom is 0.234 e. The molecule has 0 bridgehead atoms. The van der Waals surface area contributed by atoms with Crippen molar-refractivity contribution in [2.75, 3.05) is 0 Å². The highest BCUT2D eigenvalue weighted by Gasteiger charge is 1.92. The minimum Gasteiger partial charge on any atom is -0.367 e. The van der Waals surface area contributed by atoms with Crippen molar-refractivity contribution in [2.24, 2.45) is 21.0 Å². The van der Waals surface area contributed by atoms with Crippen LogP contribution in [0.5, 0.6) is 0 Å². The van der Waals surface area contributed by atoms with Crippen molar-refractivity contribution in [3.05, 3.63) is 70.8 Å². The van der Waals surface area contributed by atoms with Crippen molar-refractivity contribution >= 4 is 18.4 Å². The molecule has 0 saturated heterocycles. The second-order valence-electron chi connectivity index (χ2n) is 4.57. The van der Waals surface area contributed by atoms with Gasteiger partial charge in [-0.1, -0.05) is 24.3 Å². The first kappa shape index (κ1) is 16.4. The quantitative estimate of drug-likeness (QED) is 0.506. The topological polar surface area (TPSA) is 123 Å². The van der Waals surface area contributed by atoms with E-state index in [0.717, 1.165) is 11.1 Å². The Morgan fingerprint density at radius 3 is 1.88 bits per heavy atom. The lowest BCUT2D eigenvalue weighted by molar-refractivity contribution is 0.994. The number of hydrogen-bond donors (Lipinski definition) is 2. The van der Waals surface area contributed by atoms with E-state index in [1.54, 1.807) is 54.7 Å². The summed E-state index contributed by atoms with van der Waals surface area (Å²) in [5, 5.41) is 28.9. The maximum absolute atomic E-state index is 8.71. The standard InChI is InChI=1S/C17H13N7/c18-9-13-1-5-15(6-2-13)11-21-23-17(20)24-22-12-16-7-3-14(10-19)4-8-16/h1-8,11-12H,(H3,20,23,24). The van der Waals surface area contributed by atoms with Gasteiger partial charge in [-0.25, -0.2) is 5.43 Å². The molecular formula is C17H13N7. The average molecular weight is 315 g/mol. The van der Waals surface area contributed by atoms with Crippen LogP contribution in [0.4, 0.5) is 0 Å². The summed E-state index contributed by atoms with van der Waals surface area (Å²) in [6, 6.07) is 17.9. The van der Waals surface area contributed by atoms with Crippen LogP contribution < -0.4 is 11.2 Å². The molecule has 0 aliphatic carbocycles. The first-order chi connectivity index (χ1) is 11.7. The summed E-state index contributed by atoms with van der Waals surface area (Å²) in [6.07, 6.45) is 3.06. The minimum atomic E-state index is 0.0322. The lowest BCUT2D eigenvalue weighted by atomic mass is 10.2. The molecule has 0 amide bonds. The van der Waals surface area contributed by atoms with Gasteiger partial charge in [-0.2, -0.15) is 20.7 Å². The number of nitrogens with zero attached hydrogens (tertiary/aromatic N) is 5. The Morgan fingerprint density at radius 2 is 1.38 bits per heavy atom. The summed E-state index contributed by atoms with van der Waals surface area (Å²) in [5.41, 5.74) is 10.9. The van der Waals surface area contributed by atoms with Crippen LogP contribution >= 0.6 is 0 Å². The molecule has 0 aromatic heterocycles. The molecule has 2 aromatic carbocycles. The van der Waals surface area contributed by atoms with Crippen molar-refractivity contribution in [1.29, 1.82) is 10.5 Å². The molecule has 0 radical (unpaired) electrons. The van der Waals surface area contributed by atoms with E-state index >= 15 is 0 Å². The summed E-state index contributed by atoms with van der Waals surface area (Å²) in [7, 11) is 0. The van der Waals surface area contributed by atoms with Crippen LogP contribution in [0.25, 0.3) is 0 Å². The molecule has 3 N–H and O–H groups in total. The first-order valence-electron chi connectivity index (χ1n) is 6.87. The number of nitrogens with two attached hydrogens (primary N) is 1. The van der Waals surface area contributed by atoms with Crippen LogP contribution in [-0.4, -0.2) is 18.4 Å². The molecule has 116 valence electrons. The number of nitriles is 2. The Morgan fingerprint density at radius 1 is 0.875 bits per heavy atom. The van der Waals surface area contributed by atoms with E-state index in [-0.39, 0.29) is 5.96 Å². The molecule has 2 aromatic rings. The van der Waals surface area contributed by atoms with Gasteiger partial charge in [0.2, 0.25) is 5.96 Å². The molecule has 0 aliphatic heterocycles. The molecule has 7 heteroatoms. The van der Waals surface area contributed by atoms with Gasteiger partial charge in [-0.3, -0.25) is 0 Å². The molecule has 0 fully saturated rings. The third-order valence-electron chi connectivity index (χ3n) is 2.84. The van der Waals surface area contributed by atoms with Gasteiger partial charge in [0, 0.05) is 0 Å². The van der Waals surface area contributed by atoms with Gasteiger partial charge in [0.25, 0.3) is 0 Å². The predicted molar refractivity (Wildman–Crippen MR) is 92.3 cm³/mol. The first-order valence-corrected chi connectivity index (χ1v) is 6.87. The number of hydrogen-bond acceptors (Lipinski definition) is 5. The second kappa shape index (κ2) is 8.47. The SMILES string of the molecule is N#Cc1ccc(C=N/N=C(\N)NN=Cc2ccc(C#N)cc2)cc1. The van der Waals surface area contributed by atoms with Gasteiger partial charge < -0.3 is 5.73 Å². The zero-order chi connectivity index (χ0) is 17.2. The Hall–Kier alpha value is -3.97. The van der Waals surface area contributed by atoms with E-state index in [2.05, 4.69) is 20.7 Å². The highest BCUT2D eigenvalue weighted by Crippen LogP contribution is 2.01. The summed E-state index contributed by atoms with van der Waals surface area (Å²) < 4.78 is 0. The van der Waals surface area contributed by atoms with Gasteiger partial charge in [0.05, 0.1) is 35.7 Å². The lowest BCUT2D eigenvalue weighted by Crippen LogP contribution is -2.26. The van der Waals surface area contributed by atoms with Crippen molar-refractivity contribution in [2.45, 2.75) is 0 Å². The molecular weight excluding hydrogens is 302 g/mol. The molecule has 0 heterocycles. The predicted octanol–water partition coefficient (Wildman–Crippen LogP) is 1.70. The molecule has 24 heavy (non-hydrogen) atoms. The van der Waals surface area contributed by atoms with Gasteiger partial charge in [-0.05, 0) is 35.4 Å². The van der Waals surface area contributed by atoms with E-state index in [1.165, 1.54) is 6.21 Å². The van der Waals surface area contributed by atoms with E-state index in [1.807, 2.05) is 12.1 Å². The summed E-state index contributed by atoms with van der Waals surface area (Å²) >= 11 is 0. The molecule has 0 atom stereocenters. The number of guanidine groups is 1. The van der Waals surface area contributed by atoms with Crippen LogP contribution in [-0.2, 0) is 0 Å². The third-order valence-corrected chi connectivity index (χ3v) is 2.84. The van der Waals surface area contributed by atoms with Gasteiger partial charge in [0.15, 0.2) is 0 Å².